The number of carbonyl (C=O) groups excluding carboxylic acids is 1. The van der Waals surface area contributed by atoms with E-state index in [0.717, 1.165) is 38.8 Å². The van der Waals surface area contributed by atoms with E-state index in [9.17, 15) is 4.79 Å². The van der Waals surface area contributed by atoms with Gasteiger partial charge in [0.25, 0.3) is 5.91 Å². The second kappa shape index (κ2) is 6.35. The highest BCUT2D eigenvalue weighted by Gasteiger charge is 2.23. The topological polar surface area (TPSA) is 71.8 Å². The normalized spacial score (nSPS) is 17.1. The van der Waals surface area contributed by atoms with Crippen molar-refractivity contribution in [2.24, 2.45) is 0 Å². The van der Waals surface area contributed by atoms with Gasteiger partial charge in [0.2, 0.25) is 0 Å². The van der Waals surface area contributed by atoms with Gasteiger partial charge in [-0.25, -0.2) is 4.68 Å². The molecule has 112 valence electrons. The fraction of sp³-hybridized carbons (Fsp3) is 0.786. The quantitative estimate of drug-likeness (QED) is 0.857. The maximum Gasteiger partial charge on any atom is 0.273 e. The van der Waals surface area contributed by atoms with Crippen molar-refractivity contribution in [1.82, 2.24) is 25.6 Å². The first kappa shape index (κ1) is 15.0. The predicted octanol–water partition coefficient (Wildman–Crippen LogP) is 1.51. The Morgan fingerprint density at radius 2 is 2.20 bits per heavy atom. The zero-order valence-electron chi connectivity index (χ0n) is 12.6. The summed E-state index contributed by atoms with van der Waals surface area (Å²) in [7, 11) is 0. The molecule has 2 heterocycles. The minimum Gasteiger partial charge on any atom is -0.346 e. The van der Waals surface area contributed by atoms with Gasteiger partial charge in [-0.1, -0.05) is 18.6 Å². The molecule has 0 saturated carbocycles. The van der Waals surface area contributed by atoms with E-state index in [0.29, 0.717) is 11.7 Å². The molecule has 0 aromatic carbocycles. The van der Waals surface area contributed by atoms with E-state index in [1.165, 1.54) is 0 Å². The number of nitrogens with one attached hydrogen (secondary N) is 2. The van der Waals surface area contributed by atoms with Crippen LogP contribution in [0.4, 0.5) is 0 Å². The van der Waals surface area contributed by atoms with Crippen molar-refractivity contribution in [3.63, 3.8) is 0 Å². The van der Waals surface area contributed by atoms with Gasteiger partial charge in [0.15, 0.2) is 5.69 Å². The van der Waals surface area contributed by atoms with E-state index in [4.69, 9.17) is 0 Å². The fourth-order valence-corrected chi connectivity index (χ4v) is 2.69. The first-order valence-corrected chi connectivity index (χ1v) is 7.47. The van der Waals surface area contributed by atoms with Crippen molar-refractivity contribution in [1.29, 1.82) is 0 Å². The summed E-state index contributed by atoms with van der Waals surface area (Å²) in [5.74, 6) is -0.136. The Balaban J connectivity index is 1.99. The Bertz CT molecular complexity index is 448. The minimum atomic E-state index is -0.204. The van der Waals surface area contributed by atoms with Gasteiger partial charge in [-0.2, -0.15) is 0 Å². The Morgan fingerprint density at radius 3 is 2.85 bits per heavy atom. The van der Waals surface area contributed by atoms with Gasteiger partial charge in [-0.3, -0.25) is 4.79 Å². The molecule has 1 aliphatic rings. The molecule has 6 heteroatoms. The highest BCUT2D eigenvalue weighted by atomic mass is 16.2. The molecule has 0 aliphatic carbocycles. The van der Waals surface area contributed by atoms with Gasteiger partial charge in [0.1, 0.15) is 0 Å². The smallest absolute Gasteiger partial charge is 0.273 e. The SMILES string of the molecule is CCCC(C)(C)NC(=O)c1cn(C2CCNCC2)nn1. The van der Waals surface area contributed by atoms with E-state index >= 15 is 0 Å². The second-order valence-electron chi connectivity index (χ2n) is 6.15. The Labute approximate surface area is 120 Å². The van der Waals surface area contributed by atoms with Gasteiger partial charge >= 0.3 is 0 Å². The number of rotatable bonds is 5. The molecule has 6 nitrogen and oxygen atoms in total. The highest BCUT2D eigenvalue weighted by Crippen LogP contribution is 2.17. The maximum absolute atomic E-state index is 12.2. The third-order valence-electron chi connectivity index (χ3n) is 3.75. The molecule has 2 rings (SSSR count). The number of nitrogens with zero attached hydrogens (tertiary/aromatic N) is 3. The zero-order chi connectivity index (χ0) is 14.6. The van der Waals surface area contributed by atoms with Crippen molar-refractivity contribution in [2.75, 3.05) is 13.1 Å². The van der Waals surface area contributed by atoms with Gasteiger partial charge in [0, 0.05) is 5.54 Å². The molecule has 1 aromatic rings. The lowest BCUT2D eigenvalue weighted by molar-refractivity contribution is 0.0903. The Kier molecular flexibility index (Phi) is 4.75. The minimum absolute atomic E-state index is 0.136. The van der Waals surface area contributed by atoms with Crippen LogP contribution in [-0.4, -0.2) is 39.5 Å². The molecule has 0 radical (unpaired) electrons. The van der Waals surface area contributed by atoms with Crippen LogP contribution in [0.1, 0.15) is 63.0 Å². The molecular formula is C14H25N5O. The van der Waals surface area contributed by atoms with Crippen molar-refractivity contribution in [3.05, 3.63) is 11.9 Å². The van der Waals surface area contributed by atoms with Gasteiger partial charge in [0.05, 0.1) is 12.2 Å². The third-order valence-corrected chi connectivity index (χ3v) is 3.75. The lowest BCUT2D eigenvalue weighted by Crippen LogP contribution is -2.43. The summed E-state index contributed by atoms with van der Waals surface area (Å²) >= 11 is 0. The van der Waals surface area contributed by atoms with Crippen LogP contribution in [0.15, 0.2) is 6.20 Å². The van der Waals surface area contributed by atoms with E-state index in [-0.39, 0.29) is 11.4 Å². The first-order valence-electron chi connectivity index (χ1n) is 7.47. The molecular weight excluding hydrogens is 254 g/mol. The number of hydrogen-bond donors (Lipinski definition) is 2. The number of carbonyl (C=O) groups is 1. The maximum atomic E-state index is 12.2. The number of aromatic nitrogens is 3. The second-order valence-corrected chi connectivity index (χ2v) is 6.15. The van der Waals surface area contributed by atoms with Gasteiger partial charge in [-0.15, -0.1) is 5.10 Å². The summed E-state index contributed by atoms with van der Waals surface area (Å²) in [4.78, 5) is 12.2. The molecule has 0 spiro atoms. The summed E-state index contributed by atoms with van der Waals surface area (Å²) in [6.45, 7) is 8.17. The van der Waals surface area contributed by atoms with Crippen LogP contribution in [0.3, 0.4) is 0 Å². The molecule has 20 heavy (non-hydrogen) atoms. The van der Waals surface area contributed by atoms with Crippen molar-refractivity contribution >= 4 is 5.91 Å². The monoisotopic (exact) mass is 279 g/mol. The summed E-state index contributed by atoms with van der Waals surface area (Å²) in [6.07, 6.45) is 5.82. The van der Waals surface area contributed by atoms with Crippen molar-refractivity contribution < 1.29 is 4.79 Å². The molecule has 0 atom stereocenters. The summed E-state index contributed by atoms with van der Waals surface area (Å²) in [5.41, 5.74) is 0.206. The average molecular weight is 279 g/mol. The van der Waals surface area contributed by atoms with Gasteiger partial charge in [-0.05, 0) is 46.2 Å². The van der Waals surface area contributed by atoms with Crippen LogP contribution in [0, 0.1) is 0 Å². The molecule has 1 amide bonds. The predicted molar refractivity (Wildman–Crippen MR) is 77.6 cm³/mol. The fourth-order valence-electron chi connectivity index (χ4n) is 2.69. The van der Waals surface area contributed by atoms with E-state index < -0.39 is 0 Å². The summed E-state index contributed by atoms with van der Waals surface area (Å²) in [5, 5.41) is 14.5. The summed E-state index contributed by atoms with van der Waals surface area (Å²) < 4.78 is 1.84. The van der Waals surface area contributed by atoms with E-state index in [2.05, 4.69) is 27.9 Å². The molecule has 0 unspecified atom stereocenters. The number of hydrogen-bond acceptors (Lipinski definition) is 4. The molecule has 1 fully saturated rings. The third kappa shape index (κ3) is 3.79. The van der Waals surface area contributed by atoms with Crippen LogP contribution in [0.5, 0.6) is 0 Å². The standard InChI is InChI=1S/C14H25N5O/c1-4-7-14(2,3)16-13(20)12-10-19(18-17-12)11-5-8-15-9-6-11/h10-11,15H,4-9H2,1-3H3,(H,16,20). The molecule has 1 aliphatic heterocycles. The summed E-state index contributed by atoms with van der Waals surface area (Å²) in [6, 6.07) is 0.356. The largest absolute Gasteiger partial charge is 0.346 e. The number of piperidine rings is 1. The van der Waals surface area contributed by atoms with E-state index in [1.54, 1.807) is 6.20 Å². The van der Waals surface area contributed by atoms with Crippen molar-refractivity contribution in [3.8, 4) is 0 Å². The number of amides is 1. The molecule has 1 aromatic heterocycles. The lowest BCUT2D eigenvalue weighted by atomic mass is 9.99. The molecule has 2 N–H and O–H groups in total. The van der Waals surface area contributed by atoms with Crippen LogP contribution in [0.25, 0.3) is 0 Å². The first-order chi connectivity index (χ1) is 9.52. The average Bonchev–Trinajstić information content (AvgIpc) is 2.88. The van der Waals surface area contributed by atoms with Crippen LogP contribution >= 0.6 is 0 Å². The Morgan fingerprint density at radius 1 is 1.50 bits per heavy atom. The van der Waals surface area contributed by atoms with E-state index in [1.807, 2.05) is 18.5 Å². The van der Waals surface area contributed by atoms with Gasteiger partial charge < -0.3 is 10.6 Å². The zero-order valence-corrected chi connectivity index (χ0v) is 12.6. The lowest BCUT2D eigenvalue weighted by Gasteiger charge is -2.25. The highest BCUT2D eigenvalue weighted by molar-refractivity contribution is 5.92. The Hall–Kier alpha value is -1.43. The van der Waals surface area contributed by atoms with Crippen molar-refractivity contribution in [2.45, 2.75) is 58.0 Å². The van der Waals surface area contributed by atoms with Crippen LogP contribution in [0.2, 0.25) is 0 Å². The molecule has 0 bridgehead atoms. The van der Waals surface area contributed by atoms with Crippen LogP contribution < -0.4 is 10.6 Å². The van der Waals surface area contributed by atoms with Crippen LogP contribution in [-0.2, 0) is 0 Å². The molecule has 1 saturated heterocycles.